The van der Waals surface area contributed by atoms with Gasteiger partial charge in [0.25, 0.3) is 0 Å². The molecule has 1 aliphatic rings. The zero-order chi connectivity index (χ0) is 20.1. The van der Waals surface area contributed by atoms with E-state index in [1.165, 1.54) is 6.08 Å². The summed E-state index contributed by atoms with van der Waals surface area (Å²) in [4.78, 5) is 14.6. The van der Waals surface area contributed by atoms with Crippen molar-refractivity contribution in [2.75, 3.05) is 18.6 Å². The lowest BCUT2D eigenvalue weighted by Crippen LogP contribution is -2.39. The van der Waals surface area contributed by atoms with Crippen LogP contribution in [0.1, 0.15) is 23.1 Å². The lowest BCUT2D eigenvalue weighted by molar-refractivity contribution is -0.128. The van der Waals surface area contributed by atoms with E-state index >= 15 is 0 Å². The van der Waals surface area contributed by atoms with Gasteiger partial charge in [-0.15, -0.1) is 0 Å². The maximum atomic E-state index is 13.0. The third kappa shape index (κ3) is 5.23. The molecule has 0 N–H and O–H groups in total. The van der Waals surface area contributed by atoms with Crippen LogP contribution in [0.25, 0.3) is 6.08 Å². The van der Waals surface area contributed by atoms with Crippen molar-refractivity contribution in [1.82, 2.24) is 4.90 Å². The van der Waals surface area contributed by atoms with E-state index in [-0.39, 0.29) is 23.5 Å². The number of carbonyl (C=O) groups is 1. The second-order valence-electron chi connectivity index (χ2n) is 7.12. The minimum atomic E-state index is -3.09. The Kier molecular flexibility index (Phi) is 6.19. The Balaban J connectivity index is 1.82. The number of hydrogen-bond donors (Lipinski definition) is 0. The summed E-state index contributed by atoms with van der Waals surface area (Å²) < 4.78 is 29.2. The van der Waals surface area contributed by atoms with Crippen molar-refractivity contribution < 1.29 is 17.9 Å². The van der Waals surface area contributed by atoms with Crippen LogP contribution in [0.3, 0.4) is 0 Å². The van der Waals surface area contributed by atoms with Crippen LogP contribution in [-0.2, 0) is 21.2 Å². The Morgan fingerprint density at radius 2 is 1.96 bits per heavy atom. The molecule has 5 nitrogen and oxygen atoms in total. The first-order chi connectivity index (χ1) is 13.4. The van der Waals surface area contributed by atoms with E-state index in [1.807, 2.05) is 55.5 Å². The molecular weight excluding hydrogens is 374 g/mol. The molecule has 28 heavy (non-hydrogen) atoms. The Morgan fingerprint density at radius 3 is 2.61 bits per heavy atom. The highest BCUT2D eigenvalue weighted by atomic mass is 32.2. The predicted octanol–water partition coefficient (Wildman–Crippen LogP) is 3.23. The van der Waals surface area contributed by atoms with Crippen LogP contribution in [0.2, 0.25) is 0 Å². The Morgan fingerprint density at radius 1 is 1.21 bits per heavy atom. The molecule has 0 spiro atoms. The molecule has 0 unspecified atom stereocenters. The molecule has 0 aromatic heterocycles. The van der Waals surface area contributed by atoms with Gasteiger partial charge in [-0.1, -0.05) is 42.0 Å². The van der Waals surface area contributed by atoms with Crippen LogP contribution in [0.5, 0.6) is 5.75 Å². The minimum absolute atomic E-state index is 0.0150. The number of rotatable bonds is 6. The van der Waals surface area contributed by atoms with Gasteiger partial charge in [-0.25, -0.2) is 8.42 Å². The largest absolute Gasteiger partial charge is 0.497 e. The summed E-state index contributed by atoms with van der Waals surface area (Å²) in [5.74, 6) is 0.659. The van der Waals surface area contributed by atoms with Crippen molar-refractivity contribution in [2.45, 2.75) is 25.9 Å². The molecule has 2 aromatic carbocycles. The zero-order valence-electron chi connectivity index (χ0n) is 16.2. The molecular formula is C22H25NO4S. The quantitative estimate of drug-likeness (QED) is 0.700. The molecule has 3 rings (SSSR count). The second kappa shape index (κ2) is 8.61. The van der Waals surface area contributed by atoms with Gasteiger partial charge in [0, 0.05) is 18.7 Å². The summed E-state index contributed by atoms with van der Waals surface area (Å²) in [5.41, 5.74) is 2.99. The van der Waals surface area contributed by atoms with E-state index in [1.54, 1.807) is 18.1 Å². The lowest BCUT2D eigenvalue weighted by atomic mass is 10.1. The van der Waals surface area contributed by atoms with Gasteiger partial charge in [-0.2, -0.15) is 0 Å². The highest BCUT2D eigenvalue weighted by Crippen LogP contribution is 2.22. The van der Waals surface area contributed by atoms with Gasteiger partial charge < -0.3 is 9.64 Å². The van der Waals surface area contributed by atoms with Gasteiger partial charge in [-0.05, 0) is 42.7 Å². The van der Waals surface area contributed by atoms with Crippen LogP contribution < -0.4 is 4.74 Å². The number of benzene rings is 2. The maximum absolute atomic E-state index is 13.0. The summed E-state index contributed by atoms with van der Waals surface area (Å²) in [6, 6.07) is 15.0. The summed E-state index contributed by atoms with van der Waals surface area (Å²) in [7, 11) is -1.50. The SMILES string of the molecule is COc1cccc(CN(C(=O)/C=C/c2ccc(C)cc2)[C@@H]2CCS(=O)(=O)C2)c1. The topological polar surface area (TPSA) is 63.7 Å². The Bertz CT molecular complexity index is 964. The van der Waals surface area contributed by atoms with Crippen LogP contribution in [0, 0.1) is 6.92 Å². The number of hydrogen-bond acceptors (Lipinski definition) is 4. The first-order valence-electron chi connectivity index (χ1n) is 9.25. The van der Waals surface area contributed by atoms with Crippen LogP contribution >= 0.6 is 0 Å². The number of sulfone groups is 1. The Labute approximate surface area is 166 Å². The molecule has 1 atom stereocenters. The molecule has 148 valence electrons. The predicted molar refractivity (Wildman–Crippen MR) is 111 cm³/mol. The molecule has 1 amide bonds. The third-order valence-electron chi connectivity index (χ3n) is 4.92. The standard InChI is InChI=1S/C22H25NO4S/c1-17-6-8-18(9-7-17)10-11-22(24)23(20-12-13-28(25,26)16-20)15-19-4-3-5-21(14-19)27-2/h3-11,14,20H,12-13,15-16H2,1-2H3/b11-10+/t20-/m1/s1. The van der Waals surface area contributed by atoms with Crippen molar-refractivity contribution in [1.29, 1.82) is 0 Å². The van der Waals surface area contributed by atoms with Crippen LogP contribution in [-0.4, -0.2) is 43.9 Å². The summed E-state index contributed by atoms with van der Waals surface area (Å²) in [6.45, 7) is 2.35. The monoisotopic (exact) mass is 399 g/mol. The van der Waals surface area contributed by atoms with Crippen molar-refractivity contribution in [2.24, 2.45) is 0 Å². The fourth-order valence-corrected chi connectivity index (χ4v) is 5.05. The van der Waals surface area contributed by atoms with Gasteiger partial charge in [0.15, 0.2) is 9.84 Å². The summed E-state index contributed by atoms with van der Waals surface area (Å²) >= 11 is 0. The number of methoxy groups -OCH3 is 1. The van der Waals surface area contributed by atoms with E-state index in [9.17, 15) is 13.2 Å². The van der Waals surface area contributed by atoms with Crippen molar-refractivity contribution in [3.63, 3.8) is 0 Å². The van der Waals surface area contributed by atoms with Crippen molar-refractivity contribution in [3.05, 3.63) is 71.3 Å². The molecule has 1 aliphatic heterocycles. The highest BCUT2D eigenvalue weighted by molar-refractivity contribution is 7.91. The van der Waals surface area contributed by atoms with Gasteiger partial charge in [0.05, 0.1) is 18.6 Å². The molecule has 0 bridgehead atoms. The van der Waals surface area contributed by atoms with Crippen LogP contribution in [0.4, 0.5) is 0 Å². The smallest absolute Gasteiger partial charge is 0.247 e. The van der Waals surface area contributed by atoms with Crippen LogP contribution in [0.15, 0.2) is 54.6 Å². The van der Waals surface area contributed by atoms with Gasteiger partial charge in [0.2, 0.25) is 5.91 Å². The molecule has 1 heterocycles. The summed E-state index contributed by atoms with van der Waals surface area (Å²) in [6.07, 6.45) is 3.76. The molecule has 0 radical (unpaired) electrons. The maximum Gasteiger partial charge on any atom is 0.247 e. The summed E-state index contributed by atoms with van der Waals surface area (Å²) in [5, 5.41) is 0. The molecule has 6 heteroatoms. The van der Waals surface area contributed by atoms with E-state index in [0.717, 1.165) is 16.7 Å². The lowest BCUT2D eigenvalue weighted by Gasteiger charge is -2.27. The van der Waals surface area contributed by atoms with Gasteiger partial charge in [0.1, 0.15) is 5.75 Å². The number of nitrogens with zero attached hydrogens (tertiary/aromatic N) is 1. The van der Waals surface area contributed by atoms with Crippen molar-refractivity contribution >= 4 is 21.8 Å². The van der Waals surface area contributed by atoms with E-state index < -0.39 is 9.84 Å². The minimum Gasteiger partial charge on any atom is -0.497 e. The zero-order valence-corrected chi connectivity index (χ0v) is 17.0. The fraction of sp³-hybridized carbons (Fsp3) is 0.318. The molecule has 1 fully saturated rings. The average molecular weight is 400 g/mol. The third-order valence-corrected chi connectivity index (χ3v) is 6.67. The van der Waals surface area contributed by atoms with E-state index in [4.69, 9.17) is 4.74 Å². The average Bonchev–Trinajstić information content (AvgIpc) is 3.05. The first kappa shape index (κ1) is 20.1. The second-order valence-corrected chi connectivity index (χ2v) is 9.35. The number of carbonyl (C=O) groups excluding carboxylic acids is 1. The highest BCUT2D eigenvalue weighted by Gasteiger charge is 2.34. The van der Waals surface area contributed by atoms with Crippen molar-refractivity contribution in [3.8, 4) is 5.75 Å². The van der Waals surface area contributed by atoms with E-state index in [0.29, 0.717) is 18.7 Å². The molecule has 2 aromatic rings. The van der Waals surface area contributed by atoms with Gasteiger partial charge in [-0.3, -0.25) is 4.79 Å². The first-order valence-corrected chi connectivity index (χ1v) is 11.1. The normalized spacial score (nSPS) is 18.3. The molecule has 1 saturated heterocycles. The fourth-order valence-electron chi connectivity index (χ4n) is 3.32. The molecule has 0 saturated carbocycles. The number of aryl methyl sites for hydroxylation is 1. The van der Waals surface area contributed by atoms with Gasteiger partial charge >= 0.3 is 0 Å². The number of amides is 1. The molecule has 0 aliphatic carbocycles. The van der Waals surface area contributed by atoms with E-state index in [2.05, 4.69) is 0 Å². The number of ether oxygens (including phenoxy) is 1. The Hall–Kier alpha value is -2.60.